The molecule has 4 heteroatoms. The minimum Gasteiger partial charge on any atom is -0.330 e. The van der Waals surface area contributed by atoms with Gasteiger partial charge in [-0.25, -0.2) is 4.98 Å². The zero-order chi connectivity index (χ0) is 12.0. The Morgan fingerprint density at radius 3 is 3.00 bits per heavy atom. The van der Waals surface area contributed by atoms with Crippen LogP contribution in [0.2, 0.25) is 5.02 Å². The van der Waals surface area contributed by atoms with Gasteiger partial charge in [-0.2, -0.15) is 0 Å². The number of benzene rings is 1. The van der Waals surface area contributed by atoms with Crippen LogP contribution in [0.15, 0.2) is 12.1 Å². The summed E-state index contributed by atoms with van der Waals surface area (Å²) in [5.41, 5.74) is 3.38. The molecule has 0 amide bonds. The van der Waals surface area contributed by atoms with Gasteiger partial charge in [0.25, 0.3) is 0 Å². The van der Waals surface area contributed by atoms with Crippen molar-refractivity contribution in [1.29, 1.82) is 0 Å². The minimum absolute atomic E-state index is 0.394. The van der Waals surface area contributed by atoms with Crippen molar-refractivity contribution in [2.24, 2.45) is 7.05 Å². The number of aryl methyl sites for hydroxylation is 2. The van der Waals surface area contributed by atoms with E-state index in [1.807, 2.05) is 12.1 Å². The number of fused-ring (bicyclic) bond motifs is 1. The lowest BCUT2D eigenvalue weighted by atomic mass is 10.2. The summed E-state index contributed by atoms with van der Waals surface area (Å²) in [6.45, 7) is 3.18. The van der Waals surface area contributed by atoms with Crippen molar-refractivity contribution in [3.8, 4) is 0 Å². The first-order valence-electron chi connectivity index (χ1n) is 6.02. The van der Waals surface area contributed by atoms with Crippen molar-refractivity contribution in [3.63, 3.8) is 0 Å². The van der Waals surface area contributed by atoms with Gasteiger partial charge >= 0.3 is 0 Å². The summed E-state index contributed by atoms with van der Waals surface area (Å²) in [4.78, 5) is 4.73. The summed E-state index contributed by atoms with van der Waals surface area (Å²) in [6, 6.07) is 4.34. The van der Waals surface area contributed by atoms with Crippen LogP contribution in [0.25, 0.3) is 11.0 Å². The smallest absolute Gasteiger partial charge is 0.126 e. The molecule has 17 heavy (non-hydrogen) atoms. The first kappa shape index (κ1) is 11.1. The number of hydrogen-bond donors (Lipinski definition) is 1. The zero-order valence-electron chi connectivity index (χ0n) is 10.1. The van der Waals surface area contributed by atoms with Crippen molar-refractivity contribution >= 4 is 22.6 Å². The first-order chi connectivity index (χ1) is 8.16. The van der Waals surface area contributed by atoms with Gasteiger partial charge in [0, 0.05) is 12.1 Å². The third-order valence-electron chi connectivity index (χ3n) is 3.53. The Bertz CT molecular complexity index is 568. The van der Waals surface area contributed by atoms with Crippen LogP contribution >= 0.6 is 11.6 Å². The molecular formula is C13H16ClN3. The van der Waals surface area contributed by atoms with Crippen molar-refractivity contribution in [1.82, 2.24) is 14.9 Å². The second-order valence-electron chi connectivity index (χ2n) is 4.77. The summed E-state index contributed by atoms with van der Waals surface area (Å²) in [7, 11) is 2.09. The maximum Gasteiger partial charge on any atom is 0.126 e. The lowest BCUT2D eigenvalue weighted by molar-refractivity contribution is 0.584. The van der Waals surface area contributed by atoms with Gasteiger partial charge in [-0.1, -0.05) is 11.6 Å². The summed E-state index contributed by atoms with van der Waals surface area (Å²) in [5.74, 6) is 1.13. The highest BCUT2D eigenvalue weighted by Crippen LogP contribution is 2.29. The molecule has 0 aliphatic carbocycles. The molecule has 1 fully saturated rings. The molecule has 1 atom stereocenters. The third-order valence-corrected chi connectivity index (χ3v) is 3.75. The van der Waals surface area contributed by atoms with Gasteiger partial charge in [-0.3, -0.25) is 0 Å². The van der Waals surface area contributed by atoms with Crippen molar-refractivity contribution in [2.75, 3.05) is 6.54 Å². The Hall–Kier alpha value is -1.06. The monoisotopic (exact) mass is 249 g/mol. The van der Waals surface area contributed by atoms with Crippen LogP contribution in [0.3, 0.4) is 0 Å². The van der Waals surface area contributed by atoms with E-state index in [0.29, 0.717) is 6.04 Å². The van der Waals surface area contributed by atoms with Crippen LogP contribution in [0.5, 0.6) is 0 Å². The number of rotatable bonds is 1. The summed E-state index contributed by atoms with van der Waals surface area (Å²) in [5, 5.41) is 4.26. The zero-order valence-corrected chi connectivity index (χ0v) is 10.9. The largest absolute Gasteiger partial charge is 0.330 e. The molecule has 1 aliphatic rings. The number of nitrogens with one attached hydrogen (secondary N) is 1. The standard InChI is InChI=1S/C13H16ClN3/c1-8-6-9(14)7-11-12(8)17(2)13(16-11)10-4-3-5-15-10/h6-7,10,15H,3-5H2,1-2H3. The first-order valence-corrected chi connectivity index (χ1v) is 6.40. The number of hydrogen-bond acceptors (Lipinski definition) is 2. The Morgan fingerprint density at radius 2 is 2.29 bits per heavy atom. The van der Waals surface area contributed by atoms with Crippen LogP contribution in [-0.4, -0.2) is 16.1 Å². The molecule has 1 aliphatic heterocycles. The predicted octanol–water partition coefficient (Wildman–Crippen LogP) is 2.96. The molecule has 0 radical (unpaired) electrons. The molecule has 1 unspecified atom stereocenters. The second-order valence-corrected chi connectivity index (χ2v) is 5.20. The Balaban J connectivity index is 2.20. The van der Waals surface area contributed by atoms with E-state index >= 15 is 0 Å². The van der Waals surface area contributed by atoms with E-state index < -0.39 is 0 Å². The molecule has 0 bridgehead atoms. The van der Waals surface area contributed by atoms with Crippen molar-refractivity contribution in [2.45, 2.75) is 25.8 Å². The average Bonchev–Trinajstić information content (AvgIpc) is 2.85. The van der Waals surface area contributed by atoms with Gasteiger partial charge in [0.15, 0.2) is 0 Å². The van der Waals surface area contributed by atoms with Crippen LogP contribution in [0, 0.1) is 6.92 Å². The summed E-state index contributed by atoms with van der Waals surface area (Å²) in [6.07, 6.45) is 2.40. The molecule has 90 valence electrons. The van der Waals surface area contributed by atoms with Crippen molar-refractivity contribution < 1.29 is 0 Å². The predicted molar refractivity (Wildman–Crippen MR) is 70.4 cm³/mol. The molecular weight excluding hydrogens is 234 g/mol. The number of aromatic nitrogens is 2. The van der Waals surface area contributed by atoms with Crippen LogP contribution in [-0.2, 0) is 7.05 Å². The number of nitrogens with zero attached hydrogens (tertiary/aromatic N) is 2. The van der Waals surface area contributed by atoms with E-state index in [-0.39, 0.29) is 0 Å². The van der Waals surface area contributed by atoms with E-state index in [2.05, 4.69) is 23.9 Å². The van der Waals surface area contributed by atoms with Crippen LogP contribution in [0.4, 0.5) is 0 Å². The average molecular weight is 250 g/mol. The normalized spacial score (nSPS) is 20.3. The fourth-order valence-electron chi connectivity index (χ4n) is 2.77. The number of imidazole rings is 1. The summed E-state index contributed by atoms with van der Waals surface area (Å²) < 4.78 is 2.20. The maximum absolute atomic E-state index is 6.08. The second kappa shape index (κ2) is 4.00. The molecule has 3 rings (SSSR count). The SMILES string of the molecule is Cc1cc(Cl)cc2nc(C3CCCN3)n(C)c12. The van der Waals surface area contributed by atoms with E-state index in [4.69, 9.17) is 16.6 Å². The fraction of sp³-hybridized carbons (Fsp3) is 0.462. The van der Waals surface area contributed by atoms with Gasteiger partial charge in [0.05, 0.1) is 17.1 Å². The molecule has 2 aromatic rings. The lowest BCUT2D eigenvalue weighted by Gasteiger charge is -2.10. The highest BCUT2D eigenvalue weighted by Gasteiger charge is 2.22. The van der Waals surface area contributed by atoms with Crippen LogP contribution in [0.1, 0.15) is 30.3 Å². The minimum atomic E-state index is 0.394. The molecule has 1 aromatic carbocycles. The van der Waals surface area contributed by atoms with Gasteiger partial charge < -0.3 is 9.88 Å². The number of halogens is 1. The molecule has 0 saturated carbocycles. The highest BCUT2D eigenvalue weighted by molar-refractivity contribution is 6.31. The van der Waals surface area contributed by atoms with Gasteiger partial charge in [0.2, 0.25) is 0 Å². The van der Waals surface area contributed by atoms with Gasteiger partial charge in [0.1, 0.15) is 5.82 Å². The quantitative estimate of drug-likeness (QED) is 0.842. The Labute approximate surface area is 106 Å². The summed E-state index contributed by atoms with van der Waals surface area (Å²) >= 11 is 6.08. The molecule has 2 heterocycles. The molecule has 1 N–H and O–H groups in total. The fourth-order valence-corrected chi connectivity index (χ4v) is 3.04. The Morgan fingerprint density at radius 1 is 1.47 bits per heavy atom. The van der Waals surface area contributed by atoms with Crippen molar-refractivity contribution in [3.05, 3.63) is 28.5 Å². The van der Waals surface area contributed by atoms with Crippen LogP contribution < -0.4 is 5.32 Å². The topological polar surface area (TPSA) is 29.9 Å². The maximum atomic E-state index is 6.08. The third kappa shape index (κ3) is 1.74. The lowest BCUT2D eigenvalue weighted by Crippen LogP contribution is -2.16. The van der Waals surface area contributed by atoms with E-state index in [1.54, 1.807) is 0 Å². The molecule has 1 aromatic heterocycles. The van der Waals surface area contributed by atoms with E-state index in [1.165, 1.54) is 23.9 Å². The van der Waals surface area contributed by atoms with Gasteiger partial charge in [-0.05, 0) is 44.0 Å². The Kier molecular flexibility index (Phi) is 2.60. The van der Waals surface area contributed by atoms with Gasteiger partial charge in [-0.15, -0.1) is 0 Å². The van der Waals surface area contributed by atoms with E-state index in [9.17, 15) is 0 Å². The molecule has 0 spiro atoms. The van der Waals surface area contributed by atoms with E-state index in [0.717, 1.165) is 22.9 Å². The highest BCUT2D eigenvalue weighted by atomic mass is 35.5. The molecule has 1 saturated heterocycles. The molecule has 3 nitrogen and oxygen atoms in total.